The molecule has 0 aliphatic rings. The fourth-order valence-corrected chi connectivity index (χ4v) is 2.18. The number of carboxylic acids is 1. The third kappa shape index (κ3) is 3.72. The van der Waals surface area contributed by atoms with Gasteiger partial charge in [-0.05, 0) is 13.8 Å². The fourth-order valence-electron chi connectivity index (χ4n) is 0.900. The normalized spacial score (nSPS) is 11.6. The molecule has 0 rings (SSSR count). The molecule has 0 radical (unpaired) electrons. The Morgan fingerprint density at radius 1 is 1.57 bits per heavy atom. The lowest BCUT2D eigenvalue weighted by Crippen LogP contribution is -2.41. The number of rotatable bonds is 5. The molecule has 80 valence electrons. The van der Waals surface area contributed by atoms with E-state index in [4.69, 9.17) is 10.4 Å². The van der Waals surface area contributed by atoms with Gasteiger partial charge in [0, 0.05) is 6.04 Å². The summed E-state index contributed by atoms with van der Waals surface area (Å²) >= 11 is 0. The smallest absolute Gasteiger partial charge is 0.318 e. The van der Waals surface area contributed by atoms with Gasteiger partial charge in [-0.2, -0.15) is 9.57 Å². The number of hydrogen-bond donors (Lipinski definition) is 1. The van der Waals surface area contributed by atoms with E-state index in [-0.39, 0.29) is 0 Å². The van der Waals surface area contributed by atoms with Crippen molar-refractivity contribution in [3.63, 3.8) is 0 Å². The van der Waals surface area contributed by atoms with Crippen LogP contribution in [0.25, 0.3) is 0 Å². The molecule has 0 saturated carbocycles. The molecule has 0 aromatic carbocycles. The topological polar surface area (TPSA) is 98.5 Å². The lowest BCUT2D eigenvalue weighted by atomic mass is 10.4. The highest BCUT2D eigenvalue weighted by atomic mass is 32.2. The molecule has 0 saturated heterocycles. The highest BCUT2D eigenvalue weighted by Gasteiger charge is 2.26. The molecule has 0 atom stereocenters. The molecule has 0 heterocycles. The van der Waals surface area contributed by atoms with Gasteiger partial charge in [-0.25, -0.2) is 8.42 Å². The Hall–Kier alpha value is -1.13. The van der Waals surface area contributed by atoms with Gasteiger partial charge in [0.25, 0.3) is 0 Å². The van der Waals surface area contributed by atoms with Crippen molar-refractivity contribution in [2.75, 3.05) is 12.3 Å². The molecule has 0 amide bonds. The second-order valence-corrected chi connectivity index (χ2v) is 4.87. The van der Waals surface area contributed by atoms with Crippen LogP contribution in [0.2, 0.25) is 0 Å². The van der Waals surface area contributed by atoms with E-state index in [1.54, 1.807) is 13.8 Å². The first kappa shape index (κ1) is 12.9. The molecule has 0 bridgehead atoms. The summed E-state index contributed by atoms with van der Waals surface area (Å²) in [4.78, 5) is 10.4. The maximum Gasteiger partial charge on any atom is 0.318 e. The molecule has 0 aromatic rings. The van der Waals surface area contributed by atoms with E-state index in [1.807, 2.05) is 0 Å². The Morgan fingerprint density at radius 3 is 2.36 bits per heavy atom. The Labute approximate surface area is 82.8 Å². The number of hydrogen-bond acceptors (Lipinski definition) is 4. The van der Waals surface area contributed by atoms with E-state index in [2.05, 4.69) is 0 Å². The van der Waals surface area contributed by atoms with Gasteiger partial charge < -0.3 is 5.11 Å². The van der Waals surface area contributed by atoms with E-state index in [0.717, 1.165) is 4.31 Å². The van der Waals surface area contributed by atoms with Crippen molar-refractivity contribution in [1.29, 1.82) is 5.26 Å². The van der Waals surface area contributed by atoms with Gasteiger partial charge in [-0.15, -0.1) is 0 Å². The molecular formula is C7H12N2O4S. The summed E-state index contributed by atoms with van der Waals surface area (Å²) in [7, 11) is -3.78. The van der Waals surface area contributed by atoms with Crippen LogP contribution in [0.15, 0.2) is 0 Å². The van der Waals surface area contributed by atoms with Crippen molar-refractivity contribution >= 4 is 16.0 Å². The zero-order valence-corrected chi connectivity index (χ0v) is 8.78. The maximum absolute atomic E-state index is 11.3. The first-order chi connectivity index (χ1) is 6.31. The summed E-state index contributed by atoms with van der Waals surface area (Å²) in [6.45, 7) is 2.50. The molecule has 14 heavy (non-hydrogen) atoms. The van der Waals surface area contributed by atoms with E-state index in [0.29, 0.717) is 0 Å². The van der Waals surface area contributed by atoms with Crippen LogP contribution in [0.4, 0.5) is 0 Å². The van der Waals surface area contributed by atoms with Crippen molar-refractivity contribution in [2.24, 2.45) is 0 Å². The Kier molecular flexibility index (Phi) is 4.53. The SMILES string of the molecule is CC(C)N(CC(=O)O)S(=O)(=O)CC#N. The minimum Gasteiger partial charge on any atom is -0.480 e. The third-order valence-electron chi connectivity index (χ3n) is 1.47. The van der Waals surface area contributed by atoms with Gasteiger partial charge in [0.2, 0.25) is 10.0 Å². The zero-order valence-electron chi connectivity index (χ0n) is 7.97. The largest absolute Gasteiger partial charge is 0.480 e. The standard InChI is InChI=1S/C7H12N2O4S/c1-6(2)9(5-7(10)11)14(12,13)4-3-8/h6H,4-5H2,1-2H3,(H,10,11). The molecule has 0 aliphatic heterocycles. The predicted molar refractivity (Wildman–Crippen MR) is 48.9 cm³/mol. The van der Waals surface area contributed by atoms with Crippen LogP contribution in [0.5, 0.6) is 0 Å². The van der Waals surface area contributed by atoms with Crippen molar-refractivity contribution in [2.45, 2.75) is 19.9 Å². The van der Waals surface area contributed by atoms with E-state index in [9.17, 15) is 13.2 Å². The molecule has 7 heteroatoms. The van der Waals surface area contributed by atoms with Gasteiger partial charge in [0.05, 0.1) is 6.07 Å². The number of carboxylic acid groups (broad SMARTS) is 1. The summed E-state index contributed by atoms with van der Waals surface area (Å²) < 4.78 is 23.5. The summed E-state index contributed by atoms with van der Waals surface area (Å²) in [5, 5.41) is 16.7. The van der Waals surface area contributed by atoms with Gasteiger partial charge in [0.1, 0.15) is 6.54 Å². The lowest BCUT2D eigenvalue weighted by Gasteiger charge is -2.22. The summed E-state index contributed by atoms with van der Waals surface area (Å²) in [5.41, 5.74) is 0. The van der Waals surface area contributed by atoms with Crippen molar-refractivity contribution in [3.8, 4) is 6.07 Å². The highest BCUT2D eigenvalue weighted by Crippen LogP contribution is 2.06. The minimum absolute atomic E-state index is 0.468. The fraction of sp³-hybridized carbons (Fsp3) is 0.714. The number of nitrogens with zero attached hydrogens (tertiary/aromatic N) is 2. The second kappa shape index (κ2) is 4.93. The van der Waals surface area contributed by atoms with Crippen molar-refractivity contribution < 1.29 is 18.3 Å². The van der Waals surface area contributed by atoms with Crippen LogP contribution in [0.1, 0.15) is 13.8 Å². The van der Waals surface area contributed by atoms with E-state index in [1.165, 1.54) is 6.07 Å². The van der Waals surface area contributed by atoms with E-state index < -0.39 is 34.3 Å². The average molecular weight is 220 g/mol. The number of sulfonamides is 1. The Morgan fingerprint density at radius 2 is 2.07 bits per heavy atom. The molecule has 6 nitrogen and oxygen atoms in total. The Bertz CT molecular complexity index is 341. The van der Waals surface area contributed by atoms with Crippen LogP contribution in [-0.4, -0.2) is 42.1 Å². The van der Waals surface area contributed by atoms with Gasteiger partial charge in [-0.1, -0.05) is 0 Å². The van der Waals surface area contributed by atoms with Crippen LogP contribution in [0.3, 0.4) is 0 Å². The quantitative estimate of drug-likeness (QED) is 0.681. The van der Waals surface area contributed by atoms with Gasteiger partial charge >= 0.3 is 5.97 Å². The molecular weight excluding hydrogens is 208 g/mol. The minimum atomic E-state index is -3.78. The second-order valence-electron chi connectivity index (χ2n) is 2.95. The monoisotopic (exact) mass is 220 g/mol. The molecule has 0 aliphatic carbocycles. The molecule has 0 spiro atoms. The van der Waals surface area contributed by atoms with Crippen LogP contribution in [0, 0.1) is 11.3 Å². The van der Waals surface area contributed by atoms with Crippen LogP contribution < -0.4 is 0 Å². The predicted octanol–water partition coefficient (Wildman–Crippen LogP) is -0.365. The summed E-state index contributed by atoms with van der Waals surface area (Å²) in [5.74, 6) is -1.93. The highest BCUT2D eigenvalue weighted by molar-refractivity contribution is 7.89. The number of carbonyl (C=O) groups is 1. The van der Waals surface area contributed by atoms with Crippen LogP contribution in [-0.2, 0) is 14.8 Å². The summed E-state index contributed by atoms with van der Waals surface area (Å²) in [6, 6.07) is 1.03. The molecule has 0 fully saturated rings. The van der Waals surface area contributed by atoms with Gasteiger partial charge in [-0.3, -0.25) is 4.79 Å². The third-order valence-corrected chi connectivity index (χ3v) is 3.23. The van der Waals surface area contributed by atoms with Crippen LogP contribution >= 0.6 is 0 Å². The van der Waals surface area contributed by atoms with E-state index >= 15 is 0 Å². The molecule has 0 unspecified atom stereocenters. The average Bonchev–Trinajstić information content (AvgIpc) is 1.99. The number of aliphatic carboxylic acids is 1. The summed E-state index contributed by atoms with van der Waals surface area (Å²) in [6.07, 6.45) is 0. The lowest BCUT2D eigenvalue weighted by molar-refractivity contribution is -0.137. The number of nitriles is 1. The van der Waals surface area contributed by atoms with Crippen molar-refractivity contribution in [1.82, 2.24) is 4.31 Å². The Balaban J connectivity index is 4.85. The molecule has 1 N–H and O–H groups in total. The van der Waals surface area contributed by atoms with Gasteiger partial charge in [0.15, 0.2) is 5.75 Å². The molecule has 0 aromatic heterocycles. The first-order valence-electron chi connectivity index (χ1n) is 3.89. The maximum atomic E-state index is 11.3. The van der Waals surface area contributed by atoms with Crippen molar-refractivity contribution in [3.05, 3.63) is 0 Å². The first-order valence-corrected chi connectivity index (χ1v) is 5.50. The zero-order chi connectivity index (χ0) is 11.4.